The summed E-state index contributed by atoms with van der Waals surface area (Å²) < 4.78 is 1.63. The first-order chi connectivity index (χ1) is 16.1. The van der Waals surface area contributed by atoms with Crippen LogP contribution in [0.5, 0.6) is 0 Å². The molecule has 0 saturated heterocycles. The molecule has 1 aliphatic carbocycles. The van der Waals surface area contributed by atoms with Gasteiger partial charge in [-0.25, -0.2) is 4.98 Å². The first kappa shape index (κ1) is 21.7. The molecule has 2 aromatic carbocycles. The van der Waals surface area contributed by atoms with Crippen molar-refractivity contribution in [2.45, 2.75) is 63.7 Å². The van der Waals surface area contributed by atoms with Gasteiger partial charge in [0.25, 0.3) is 5.56 Å². The van der Waals surface area contributed by atoms with E-state index in [9.17, 15) is 15.0 Å². The van der Waals surface area contributed by atoms with Crippen LogP contribution >= 0.6 is 0 Å². The van der Waals surface area contributed by atoms with Crippen molar-refractivity contribution in [2.75, 3.05) is 0 Å². The van der Waals surface area contributed by atoms with Crippen molar-refractivity contribution in [2.24, 2.45) is 0 Å². The summed E-state index contributed by atoms with van der Waals surface area (Å²) in [6.45, 7) is 1.96. The fourth-order valence-corrected chi connectivity index (χ4v) is 5.05. The van der Waals surface area contributed by atoms with Gasteiger partial charge in [0.2, 0.25) is 0 Å². The minimum atomic E-state index is -0.517. The average Bonchev–Trinajstić information content (AvgIpc) is 2.85. The minimum absolute atomic E-state index is 0.104. The number of hydrogen-bond acceptors (Lipinski definition) is 5. The lowest BCUT2D eigenvalue weighted by molar-refractivity contribution is 0.0735. The van der Waals surface area contributed by atoms with Crippen LogP contribution in [0.2, 0.25) is 0 Å². The Labute approximate surface area is 192 Å². The molecule has 170 valence electrons. The molecule has 0 bridgehead atoms. The molecular weight excluding hydrogens is 414 g/mol. The Kier molecular flexibility index (Phi) is 5.96. The van der Waals surface area contributed by atoms with Gasteiger partial charge in [0.15, 0.2) is 0 Å². The fourth-order valence-electron chi connectivity index (χ4n) is 5.05. The van der Waals surface area contributed by atoms with Crippen LogP contribution < -0.4 is 5.56 Å². The Morgan fingerprint density at radius 3 is 2.64 bits per heavy atom. The lowest BCUT2D eigenvalue weighted by atomic mass is 9.92. The van der Waals surface area contributed by atoms with E-state index in [2.05, 4.69) is 9.97 Å². The Hall–Kier alpha value is -3.09. The third-order valence-corrected chi connectivity index (χ3v) is 6.97. The van der Waals surface area contributed by atoms with E-state index >= 15 is 0 Å². The van der Waals surface area contributed by atoms with Crippen LogP contribution in [0.25, 0.3) is 21.7 Å². The maximum atomic E-state index is 13.5. The van der Waals surface area contributed by atoms with Crippen molar-refractivity contribution in [1.82, 2.24) is 14.5 Å². The number of hydrogen-bond donors (Lipinski definition) is 2. The predicted molar refractivity (Wildman–Crippen MR) is 129 cm³/mol. The number of aliphatic hydroxyl groups is 2. The van der Waals surface area contributed by atoms with E-state index in [4.69, 9.17) is 0 Å². The molecule has 1 aliphatic rings. The quantitative estimate of drug-likeness (QED) is 0.445. The fraction of sp³-hybridized carbons (Fsp3) is 0.370. The molecule has 6 heteroatoms. The molecule has 5 rings (SSSR count). The highest BCUT2D eigenvalue weighted by Gasteiger charge is 2.26. The van der Waals surface area contributed by atoms with E-state index in [1.807, 2.05) is 49.5 Å². The lowest BCUT2D eigenvalue weighted by Crippen LogP contribution is -2.34. The van der Waals surface area contributed by atoms with Crippen LogP contribution in [0, 0.1) is 0 Å². The summed E-state index contributed by atoms with van der Waals surface area (Å²) in [4.78, 5) is 22.5. The third-order valence-electron chi connectivity index (χ3n) is 6.97. The standard InChI is InChI=1S/C27H29N3O3/c1-2-24(31)18-9-7-17(8-10-18)13-19-14-21-26(20-11-12-28-15-22(19)20)29-16-30(27(21)33)23-5-3-4-6-25(23)32/h7-12,14-16,23-25,31-32H,2-6,13H2,1H3/t23-,24?,25-/m0/s1. The van der Waals surface area contributed by atoms with Gasteiger partial charge in [-0.05, 0) is 54.5 Å². The maximum absolute atomic E-state index is 13.5. The van der Waals surface area contributed by atoms with Crippen LogP contribution in [0.1, 0.15) is 67.9 Å². The van der Waals surface area contributed by atoms with Crippen molar-refractivity contribution < 1.29 is 10.2 Å². The first-order valence-corrected chi connectivity index (χ1v) is 11.8. The van der Waals surface area contributed by atoms with Gasteiger partial charge in [0.1, 0.15) is 0 Å². The van der Waals surface area contributed by atoms with Crippen molar-refractivity contribution >= 4 is 21.7 Å². The van der Waals surface area contributed by atoms with Crippen LogP contribution in [0.3, 0.4) is 0 Å². The van der Waals surface area contributed by atoms with E-state index in [0.717, 1.165) is 46.7 Å². The second-order valence-corrected chi connectivity index (χ2v) is 9.07. The second-order valence-electron chi connectivity index (χ2n) is 9.07. The van der Waals surface area contributed by atoms with Crippen molar-refractivity contribution in [3.8, 4) is 0 Å². The Bertz CT molecular complexity index is 1350. The summed E-state index contributed by atoms with van der Waals surface area (Å²) in [5.74, 6) is 0. The smallest absolute Gasteiger partial charge is 0.261 e. The normalized spacial score (nSPS) is 19.7. The van der Waals surface area contributed by atoms with Gasteiger partial charge in [0.05, 0.1) is 35.5 Å². The monoisotopic (exact) mass is 443 g/mol. The molecule has 2 heterocycles. The van der Waals surface area contributed by atoms with E-state index in [1.165, 1.54) is 0 Å². The largest absolute Gasteiger partial charge is 0.391 e. The highest BCUT2D eigenvalue weighted by molar-refractivity contribution is 6.06. The molecule has 2 aromatic heterocycles. The Morgan fingerprint density at radius 1 is 1.09 bits per heavy atom. The highest BCUT2D eigenvalue weighted by atomic mass is 16.3. The Morgan fingerprint density at radius 2 is 1.88 bits per heavy atom. The number of nitrogens with zero attached hydrogens (tertiary/aromatic N) is 3. The summed E-state index contributed by atoms with van der Waals surface area (Å²) in [5, 5.41) is 23.0. The lowest BCUT2D eigenvalue weighted by Gasteiger charge is -2.29. The summed E-state index contributed by atoms with van der Waals surface area (Å²) in [7, 11) is 0. The molecule has 1 unspecified atom stereocenters. The van der Waals surface area contributed by atoms with Gasteiger partial charge in [-0.1, -0.05) is 44.0 Å². The van der Waals surface area contributed by atoms with Crippen molar-refractivity contribution in [1.29, 1.82) is 0 Å². The molecule has 3 atom stereocenters. The van der Waals surface area contributed by atoms with E-state index in [1.54, 1.807) is 17.1 Å². The van der Waals surface area contributed by atoms with Gasteiger partial charge in [-0.3, -0.25) is 14.3 Å². The van der Waals surface area contributed by atoms with Crippen LogP contribution in [0.15, 0.2) is 59.9 Å². The summed E-state index contributed by atoms with van der Waals surface area (Å²) in [6.07, 6.45) is 8.99. The second kappa shape index (κ2) is 9.04. The predicted octanol–water partition coefficient (Wildman–Crippen LogP) is 4.45. The number of benzene rings is 2. The van der Waals surface area contributed by atoms with Crippen LogP contribution in [0.4, 0.5) is 0 Å². The molecule has 0 aliphatic heterocycles. The topological polar surface area (TPSA) is 88.2 Å². The third kappa shape index (κ3) is 4.05. The summed E-state index contributed by atoms with van der Waals surface area (Å²) in [6, 6.07) is 11.6. The van der Waals surface area contributed by atoms with E-state index in [0.29, 0.717) is 30.2 Å². The zero-order valence-electron chi connectivity index (χ0n) is 18.8. The first-order valence-electron chi connectivity index (χ1n) is 11.8. The van der Waals surface area contributed by atoms with Crippen LogP contribution in [-0.4, -0.2) is 30.9 Å². The van der Waals surface area contributed by atoms with Crippen LogP contribution in [-0.2, 0) is 6.42 Å². The molecule has 33 heavy (non-hydrogen) atoms. The van der Waals surface area contributed by atoms with Crippen molar-refractivity contribution in [3.63, 3.8) is 0 Å². The summed E-state index contributed by atoms with van der Waals surface area (Å²) in [5.41, 5.74) is 3.58. The van der Waals surface area contributed by atoms with Gasteiger partial charge < -0.3 is 10.2 Å². The maximum Gasteiger partial charge on any atom is 0.261 e. The molecule has 1 fully saturated rings. The SMILES string of the molecule is CCC(O)c1ccc(Cc2cc3c(=O)n([C@H]4CCCC[C@@H]4O)cnc3c3ccncc23)cc1. The molecule has 2 N–H and O–H groups in total. The highest BCUT2D eigenvalue weighted by Crippen LogP contribution is 2.30. The zero-order valence-corrected chi connectivity index (χ0v) is 18.8. The zero-order chi connectivity index (χ0) is 22.9. The number of pyridine rings is 1. The van der Waals surface area contributed by atoms with Gasteiger partial charge in [0, 0.05) is 23.2 Å². The van der Waals surface area contributed by atoms with Crippen molar-refractivity contribution in [3.05, 3.63) is 82.2 Å². The number of rotatable bonds is 5. The van der Waals surface area contributed by atoms with E-state index in [-0.39, 0.29) is 11.6 Å². The number of aliphatic hydroxyl groups excluding tert-OH is 2. The average molecular weight is 444 g/mol. The number of aromatic nitrogens is 3. The minimum Gasteiger partial charge on any atom is -0.391 e. The van der Waals surface area contributed by atoms with Gasteiger partial charge in [-0.2, -0.15) is 0 Å². The summed E-state index contributed by atoms with van der Waals surface area (Å²) >= 11 is 0. The molecule has 0 amide bonds. The molecule has 4 aromatic rings. The van der Waals surface area contributed by atoms with Gasteiger partial charge in [-0.15, -0.1) is 0 Å². The molecular formula is C27H29N3O3. The Balaban J connectivity index is 1.61. The number of fused-ring (bicyclic) bond motifs is 3. The molecule has 1 saturated carbocycles. The molecule has 0 radical (unpaired) electrons. The molecule has 6 nitrogen and oxygen atoms in total. The van der Waals surface area contributed by atoms with Gasteiger partial charge >= 0.3 is 0 Å². The van der Waals surface area contributed by atoms with E-state index < -0.39 is 12.2 Å². The molecule has 0 spiro atoms.